The van der Waals surface area contributed by atoms with Gasteiger partial charge in [-0.25, -0.2) is 0 Å². The van der Waals surface area contributed by atoms with Crippen molar-refractivity contribution >= 4 is 0 Å². The average Bonchev–Trinajstić information content (AvgIpc) is 2.35. The minimum absolute atomic E-state index is 0.00857. The monoisotopic (exact) mass is 251 g/mol. The van der Waals surface area contributed by atoms with Gasteiger partial charge >= 0.3 is 0 Å². The van der Waals surface area contributed by atoms with Crippen molar-refractivity contribution in [2.24, 2.45) is 11.8 Å². The van der Waals surface area contributed by atoms with Gasteiger partial charge in [0.1, 0.15) is 0 Å². The molecule has 104 valence electrons. The second-order valence-electron chi connectivity index (χ2n) is 6.87. The molecular weight excluding hydrogens is 222 g/mol. The first-order chi connectivity index (χ1) is 8.84. The van der Waals surface area contributed by atoms with Crippen LogP contribution in [0.1, 0.15) is 64.2 Å². The Hall–Kier alpha value is -0.0800. The van der Waals surface area contributed by atoms with E-state index in [0.29, 0.717) is 12.0 Å². The van der Waals surface area contributed by atoms with Crippen molar-refractivity contribution in [3.63, 3.8) is 0 Å². The van der Waals surface area contributed by atoms with Gasteiger partial charge in [0.25, 0.3) is 0 Å². The van der Waals surface area contributed by atoms with E-state index in [0.717, 1.165) is 12.3 Å². The number of likely N-dealkylation sites (tertiary alicyclic amines) is 1. The maximum absolute atomic E-state index is 10.3. The molecule has 0 aromatic rings. The van der Waals surface area contributed by atoms with Crippen molar-refractivity contribution in [3.8, 4) is 0 Å². The molecule has 18 heavy (non-hydrogen) atoms. The zero-order valence-corrected chi connectivity index (χ0v) is 11.7. The first-order valence-corrected chi connectivity index (χ1v) is 8.27. The summed E-state index contributed by atoms with van der Waals surface area (Å²) in [5, 5.41) is 10.3. The first-order valence-electron chi connectivity index (χ1n) is 8.27. The normalized spacial score (nSPS) is 39.5. The largest absolute Gasteiger partial charge is 0.393 e. The molecule has 2 nitrogen and oxygen atoms in total. The Bertz CT molecular complexity index is 264. The summed E-state index contributed by atoms with van der Waals surface area (Å²) in [5.74, 6) is 1.56. The van der Waals surface area contributed by atoms with Gasteiger partial charge in [0.2, 0.25) is 0 Å². The smallest absolute Gasteiger partial charge is 0.0583 e. The number of hydrogen-bond acceptors (Lipinski definition) is 2. The van der Waals surface area contributed by atoms with Crippen LogP contribution in [0.2, 0.25) is 0 Å². The van der Waals surface area contributed by atoms with Crippen LogP contribution >= 0.6 is 0 Å². The Morgan fingerprint density at radius 1 is 0.833 bits per heavy atom. The van der Waals surface area contributed by atoms with Crippen LogP contribution in [0.25, 0.3) is 0 Å². The summed E-state index contributed by atoms with van der Waals surface area (Å²) in [7, 11) is 0. The van der Waals surface area contributed by atoms with Crippen molar-refractivity contribution in [3.05, 3.63) is 0 Å². The van der Waals surface area contributed by atoms with E-state index in [4.69, 9.17) is 0 Å². The minimum atomic E-state index is -0.00857. The van der Waals surface area contributed by atoms with Gasteiger partial charge in [-0.3, -0.25) is 4.90 Å². The van der Waals surface area contributed by atoms with Crippen molar-refractivity contribution in [2.75, 3.05) is 13.1 Å². The van der Waals surface area contributed by atoms with Crippen molar-refractivity contribution in [2.45, 2.75) is 76.4 Å². The zero-order chi connectivity index (χ0) is 12.4. The Kier molecular flexibility index (Phi) is 4.25. The molecule has 1 heterocycles. The van der Waals surface area contributed by atoms with Crippen LogP contribution in [0.3, 0.4) is 0 Å². The van der Waals surface area contributed by atoms with Crippen LogP contribution in [0.4, 0.5) is 0 Å². The molecule has 0 spiro atoms. The fourth-order valence-corrected chi connectivity index (χ4v) is 4.32. The Morgan fingerprint density at radius 3 is 2.33 bits per heavy atom. The number of hydrogen-bond donors (Lipinski definition) is 1. The summed E-state index contributed by atoms with van der Waals surface area (Å²) in [6.45, 7) is 2.62. The second-order valence-corrected chi connectivity index (χ2v) is 6.87. The Labute approximate surface area is 112 Å². The summed E-state index contributed by atoms with van der Waals surface area (Å²) in [4.78, 5) is 2.76. The SMILES string of the molecule is OC1CCCCC1C1CCCCN1CC1CCC1. The molecule has 3 aliphatic rings. The van der Waals surface area contributed by atoms with Crippen LogP contribution in [-0.2, 0) is 0 Å². The number of rotatable bonds is 3. The summed E-state index contributed by atoms with van der Waals surface area (Å²) < 4.78 is 0. The minimum Gasteiger partial charge on any atom is -0.393 e. The third-order valence-corrected chi connectivity index (χ3v) is 5.66. The highest BCUT2D eigenvalue weighted by Crippen LogP contribution is 2.36. The standard InChI is InChI=1S/C16H29NO/c18-16-10-2-1-8-14(16)15-9-3-4-11-17(15)12-13-6-5-7-13/h13-16,18H,1-12H2. The molecule has 2 heteroatoms. The van der Waals surface area contributed by atoms with E-state index >= 15 is 0 Å². The number of nitrogens with zero attached hydrogens (tertiary/aromatic N) is 1. The highest BCUT2D eigenvalue weighted by Gasteiger charge is 2.36. The van der Waals surface area contributed by atoms with Gasteiger partial charge in [-0.15, -0.1) is 0 Å². The second kappa shape index (κ2) is 5.92. The number of piperidine rings is 1. The summed E-state index contributed by atoms with van der Waals surface area (Å²) >= 11 is 0. The lowest BCUT2D eigenvalue weighted by Gasteiger charge is -2.46. The summed E-state index contributed by atoms with van der Waals surface area (Å²) in [6.07, 6.45) is 13.4. The zero-order valence-electron chi connectivity index (χ0n) is 11.7. The molecular formula is C16H29NO. The van der Waals surface area contributed by atoms with Crippen LogP contribution in [0.5, 0.6) is 0 Å². The summed E-state index contributed by atoms with van der Waals surface area (Å²) in [6, 6.07) is 0.703. The molecule has 0 aromatic carbocycles. The highest BCUT2D eigenvalue weighted by molar-refractivity contribution is 4.90. The van der Waals surface area contributed by atoms with Gasteiger partial charge in [-0.2, -0.15) is 0 Å². The van der Waals surface area contributed by atoms with Crippen LogP contribution in [0, 0.1) is 11.8 Å². The topological polar surface area (TPSA) is 23.5 Å². The van der Waals surface area contributed by atoms with Gasteiger partial charge in [-0.05, 0) is 51.0 Å². The first kappa shape index (κ1) is 12.9. The molecule has 0 aromatic heterocycles. The molecule has 1 saturated heterocycles. The highest BCUT2D eigenvalue weighted by atomic mass is 16.3. The van der Waals surface area contributed by atoms with Crippen LogP contribution in [-0.4, -0.2) is 35.2 Å². The van der Waals surface area contributed by atoms with E-state index in [1.807, 2.05) is 0 Å². The molecule has 3 fully saturated rings. The predicted molar refractivity (Wildman–Crippen MR) is 74.5 cm³/mol. The third-order valence-electron chi connectivity index (χ3n) is 5.66. The fourth-order valence-electron chi connectivity index (χ4n) is 4.32. The lowest BCUT2D eigenvalue weighted by atomic mass is 9.77. The molecule has 2 aliphatic carbocycles. The van der Waals surface area contributed by atoms with Crippen molar-refractivity contribution in [1.82, 2.24) is 4.90 Å². The fraction of sp³-hybridized carbons (Fsp3) is 1.00. The molecule has 1 N–H and O–H groups in total. The third kappa shape index (κ3) is 2.75. The number of aliphatic hydroxyl groups excluding tert-OH is 1. The lowest BCUT2D eigenvalue weighted by Crippen LogP contribution is -2.50. The van der Waals surface area contributed by atoms with E-state index in [-0.39, 0.29) is 6.10 Å². The van der Waals surface area contributed by atoms with E-state index < -0.39 is 0 Å². The van der Waals surface area contributed by atoms with Gasteiger partial charge < -0.3 is 5.11 Å². The van der Waals surface area contributed by atoms with Crippen LogP contribution in [0.15, 0.2) is 0 Å². The van der Waals surface area contributed by atoms with Crippen LogP contribution < -0.4 is 0 Å². The molecule has 2 saturated carbocycles. The number of aliphatic hydroxyl groups is 1. The van der Waals surface area contributed by atoms with Gasteiger partial charge in [0, 0.05) is 18.5 Å². The van der Waals surface area contributed by atoms with Gasteiger partial charge in [-0.1, -0.05) is 25.7 Å². The molecule has 0 amide bonds. The Balaban J connectivity index is 1.62. The van der Waals surface area contributed by atoms with Crippen molar-refractivity contribution < 1.29 is 5.11 Å². The van der Waals surface area contributed by atoms with E-state index in [9.17, 15) is 5.11 Å². The molecule has 3 rings (SSSR count). The molecule has 0 bridgehead atoms. The molecule has 3 atom stereocenters. The molecule has 0 radical (unpaired) electrons. The average molecular weight is 251 g/mol. The van der Waals surface area contributed by atoms with E-state index in [1.165, 1.54) is 70.9 Å². The maximum Gasteiger partial charge on any atom is 0.0583 e. The van der Waals surface area contributed by atoms with Crippen molar-refractivity contribution in [1.29, 1.82) is 0 Å². The molecule has 3 unspecified atom stereocenters. The van der Waals surface area contributed by atoms with E-state index in [1.54, 1.807) is 0 Å². The summed E-state index contributed by atoms with van der Waals surface area (Å²) in [5.41, 5.74) is 0. The lowest BCUT2D eigenvalue weighted by molar-refractivity contribution is -0.0150. The van der Waals surface area contributed by atoms with Gasteiger partial charge in [0.05, 0.1) is 6.10 Å². The Morgan fingerprint density at radius 2 is 1.61 bits per heavy atom. The molecule has 1 aliphatic heterocycles. The maximum atomic E-state index is 10.3. The van der Waals surface area contributed by atoms with E-state index in [2.05, 4.69) is 4.90 Å². The quantitative estimate of drug-likeness (QED) is 0.832. The predicted octanol–water partition coefficient (Wildman–Crippen LogP) is 3.19. The van der Waals surface area contributed by atoms with Gasteiger partial charge in [0.15, 0.2) is 0 Å².